The molecule has 0 aliphatic rings. The standard InChI is InChI=1S/C35H36Cl2FN3O5S/c1-3-20-39-35(43)33(21-25-8-6-5-7-9-25)40(23-26-10-11-27(36)22-32(26)37)34(42)24-41(29-14-16-30(17-15-29)46-4-2)47(44,45)31-18-12-28(38)13-19-31/h5-19,22,33H,3-4,20-21,23-24H2,1-2H3,(H,39,43)/t33-/m0/s1. The summed E-state index contributed by atoms with van der Waals surface area (Å²) in [5, 5.41) is 3.57. The van der Waals surface area contributed by atoms with Crippen molar-refractivity contribution in [3.05, 3.63) is 124 Å². The number of carbonyl (C=O) groups excluding carboxylic acids is 2. The first-order chi connectivity index (χ1) is 22.5. The molecule has 0 saturated carbocycles. The number of hydrogen-bond acceptors (Lipinski definition) is 5. The van der Waals surface area contributed by atoms with E-state index in [-0.39, 0.29) is 28.6 Å². The van der Waals surface area contributed by atoms with Gasteiger partial charge < -0.3 is 15.0 Å². The highest BCUT2D eigenvalue weighted by molar-refractivity contribution is 7.92. The van der Waals surface area contributed by atoms with Crippen molar-refractivity contribution in [3.63, 3.8) is 0 Å². The van der Waals surface area contributed by atoms with E-state index in [0.29, 0.717) is 35.9 Å². The fourth-order valence-electron chi connectivity index (χ4n) is 4.89. The molecule has 0 heterocycles. The molecular weight excluding hydrogens is 664 g/mol. The van der Waals surface area contributed by atoms with Crippen LogP contribution >= 0.6 is 23.2 Å². The highest BCUT2D eigenvalue weighted by Gasteiger charge is 2.35. The van der Waals surface area contributed by atoms with E-state index in [1.807, 2.05) is 44.2 Å². The van der Waals surface area contributed by atoms with Gasteiger partial charge in [-0.1, -0.05) is 66.5 Å². The maximum atomic E-state index is 14.5. The maximum Gasteiger partial charge on any atom is 0.264 e. The monoisotopic (exact) mass is 699 g/mol. The average Bonchev–Trinajstić information content (AvgIpc) is 3.06. The van der Waals surface area contributed by atoms with Crippen molar-refractivity contribution in [2.75, 3.05) is 24.0 Å². The van der Waals surface area contributed by atoms with Gasteiger partial charge in [0.05, 0.1) is 17.2 Å². The molecule has 47 heavy (non-hydrogen) atoms. The SMILES string of the molecule is CCCNC(=O)[C@H](Cc1ccccc1)N(Cc1ccc(Cl)cc1Cl)C(=O)CN(c1ccc(OCC)cc1)S(=O)(=O)c1ccc(F)cc1. The van der Waals surface area contributed by atoms with E-state index >= 15 is 0 Å². The van der Waals surface area contributed by atoms with E-state index in [2.05, 4.69) is 5.32 Å². The van der Waals surface area contributed by atoms with Gasteiger partial charge in [-0.3, -0.25) is 13.9 Å². The Morgan fingerprint density at radius 2 is 1.60 bits per heavy atom. The quantitative estimate of drug-likeness (QED) is 0.146. The Bertz CT molecular complexity index is 1760. The molecule has 0 saturated heterocycles. The summed E-state index contributed by atoms with van der Waals surface area (Å²) >= 11 is 12.7. The molecule has 8 nitrogen and oxygen atoms in total. The first-order valence-corrected chi connectivity index (χ1v) is 17.3. The molecule has 4 rings (SSSR count). The van der Waals surface area contributed by atoms with Crippen LogP contribution in [0.25, 0.3) is 0 Å². The number of sulfonamides is 1. The van der Waals surface area contributed by atoms with Crippen LogP contribution in [-0.4, -0.2) is 50.9 Å². The molecule has 0 bridgehead atoms. The Labute approximate surface area is 285 Å². The van der Waals surface area contributed by atoms with Crippen molar-refractivity contribution in [1.82, 2.24) is 10.2 Å². The fourth-order valence-corrected chi connectivity index (χ4v) is 6.77. The third-order valence-electron chi connectivity index (χ3n) is 7.29. The van der Waals surface area contributed by atoms with Crippen LogP contribution in [0.2, 0.25) is 10.0 Å². The van der Waals surface area contributed by atoms with Gasteiger partial charge in [0.25, 0.3) is 10.0 Å². The molecule has 1 N–H and O–H groups in total. The lowest BCUT2D eigenvalue weighted by Gasteiger charge is -2.34. The van der Waals surface area contributed by atoms with Gasteiger partial charge >= 0.3 is 0 Å². The molecule has 0 spiro atoms. The molecule has 12 heteroatoms. The fraction of sp³-hybridized carbons (Fsp3) is 0.257. The van der Waals surface area contributed by atoms with Gasteiger partial charge in [-0.2, -0.15) is 0 Å². The Hall–Kier alpha value is -4.12. The lowest BCUT2D eigenvalue weighted by Crippen LogP contribution is -2.53. The van der Waals surface area contributed by atoms with Gasteiger partial charge in [-0.15, -0.1) is 0 Å². The van der Waals surface area contributed by atoms with Crippen molar-refractivity contribution >= 4 is 50.7 Å². The number of benzene rings is 4. The zero-order chi connectivity index (χ0) is 34.0. The number of carbonyl (C=O) groups is 2. The summed E-state index contributed by atoms with van der Waals surface area (Å²) in [7, 11) is -4.40. The topological polar surface area (TPSA) is 96.0 Å². The van der Waals surface area contributed by atoms with E-state index in [9.17, 15) is 22.4 Å². The number of hydrogen-bond donors (Lipinski definition) is 1. The Morgan fingerprint density at radius 1 is 0.915 bits per heavy atom. The van der Waals surface area contributed by atoms with Gasteiger partial charge in [0.15, 0.2) is 0 Å². The third-order valence-corrected chi connectivity index (χ3v) is 9.67. The Balaban J connectivity index is 1.81. The molecule has 4 aromatic rings. The molecular formula is C35H36Cl2FN3O5S. The molecule has 0 unspecified atom stereocenters. The maximum absolute atomic E-state index is 14.5. The smallest absolute Gasteiger partial charge is 0.264 e. The van der Waals surface area contributed by atoms with Crippen molar-refractivity contribution < 1.29 is 27.1 Å². The van der Waals surface area contributed by atoms with Gasteiger partial charge in [-0.25, -0.2) is 12.8 Å². The van der Waals surface area contributed by atoms with Gasteiger partial charge in [-0.05, 0) is 85.1 Å². The summed E-state index contributed by atoms with van der Waals surface area (Å²) in [5.74, 6) is -1.16. The van der Waals surface area contributed by atoms with E-state index in [0.717, 1.165) is 34.1 Å². The van der Waals surface area contributed by atoms with E-state index < -0.39 is 40.2 Å². The average molecular weight is 701 g/mol. The van der Waals surface area contributed by atoms with Crippen LogP contribution < -0.4 is 14.4 Å². The summed E-state index contributed by atoms with van der Waals surface area (Å²) in [6.45, 7) is 3.73. The lowest BCUT2D eigenvalue weighted by atomic mass is 10.0. The number of nitrogens with one attached hydrogen (secondary N) is 1. The van der Waals surface area contributed by atoms with E-state index in [1.54, 1.807) is 24.3 Å². The summed E-state index contributed by atoms with van der Waals surface area (Å²) in [6.07, 6.45) is 0.823. The van der Waals surface area contributed by atoms with Gasteiger partial charge in [0.1, 0.15) is 24.2 Å². The van der Waals surface area contributed by atoms with Gasteiger partial charge in [0.2, 0.25) is 11.8 Å². The molecule has 4 aromatic carbocycles. The lowest BCUT2D eigenvalue weighted by molar-refractivity contribution is -0.140. The second kappa shape index (κ2) is 16.6. The molecule has 0 aliphatic heterocycles. The van der Waals surface area contributed by atoms with Crippen molar-refractivity contribution in [2.24, 2.45) is 0 Å². The van der Waals surface area contributed by atoms with Crippen LogP contribution in [-0.2, 0) is 32.6 Å². The number of halogens is 3. The number of rotatable bonds is 15. The number of anilines is 1. The van der Waals surface area contributed by atoms with Crippen LogP contribution in [0.4, 0.5) is 10.1 Å². The van der Waals surface area contributed by atoms with Crippen LogP contribution in [0.15, 0.2) is 102 Å². The summed E-state index contributed by atoms with van der Waals surface area (Å²) in [5.41, 5.74) is 1.48. The Kier molecular flexibility index (Phi) is 12.6. The predicted molar refractivity (Wildman–Crippen MR) is 183 cm³/mol. The highest BCUT2D eigenvalue weighted by atomic mass is 35.5. The van der Waals surface area contributed by atoms with Crippen molar-refractivity contribution in [2.45, 2.75) is 44.2 Å². The zero-order valence-electron chi connectivity index (χ0n) is 26.0. The highest BCUT2D eigenvalue weighted by Crippen LogP contribution is 2.28. The third kappa shape index (κ3) is 9.47. The molecule has 2 amide bonds. The van der Waals surface area contributed by atoms with Gasteiger partial charge in [0, 0.05) is 29.6 Å². The summed E-state index contributed by atoms with van der Waals surface area (Å²) in [4.78, 5) is 29.4. The molecule has 0 fully saturated rings. The first kappa shape index (κ1) is 35.7. The minimum absolute atomic E-state index is 0.112. The summed E-state index contributed by atoms with van der Waals surface area (Å²) in [6, 6.07) is 23.6. The minimum atomic E-state index is -4.40. The van der Waals surface area contributed by atoms with Crippen molar-refractivity contribution in [1.29, 1.82) is 0 Å². The van der Waals surface area contributed by atoms with Crippen LogP contribution in [0, 0.1) is 5.82 Å². The predicted octanol–water partition coefficient (Wildman–Crippen LogP) is 6.89. The number of ether oxygens (including phenoxy) is 1. The van der Waals surface area contributed by atoms with E-state index in [1.165, 1.54) is 23.1 Å². The first-order valence-electron chi connectivity index (χ1n) is 15.1. The molecule has 248 valence electrons. The number of nitrogens with zero attached hydrogens (tertiary/aromatic N) is 2. The number of amides is 2. The van der Waals surface area contributed by atoms with E-state index in [4.69, 9.17) is 27.9 Å². The Morgan fingerprint density at radius 3 is 2.21 bits per heavy atom. The molecule has 0 aliphatic carbocycles. The van der Waals surface area contributed by atoms with Crippen LogP contribution in [0.1, 0.15) is 31.4 Å². The molecule has 0 aromatic heterocycles. The minimum Gasteiger partial charge on any atom is -0.494 e. The van der Waals surface area contributed by atoms with Crippen LogP contribution in [0.3, 0.4) is 0 Å². The van der Waals surface area contributed by atoms with Crippen LogP contribution in [0.5, 0.6) is 5.75 Å². The second-order valence-corrected chi connectivity index (χ2v) is 13.4. The summed E-state index contributed by atoms with van der Waals surface area (Å²) < 4.78 is 48.4. The largest absolute Gasteiger partial charge is 0.494 e. The second-order valence-electron chi connectivity index (χ2n) is 10.6. The van der Waals surface area contributed by atoms with Crippen molar-refractivity contribution in [3.8, 4) is 5.75 Å². The normalized spacial score (nSPS) is 11.9. The molecule has 0 radical (unpaired) electrons. The zero-order valence-corrected chi connectivity index (χ0v) is 28.4. The molecule has 1 atom stereocenters.